The van der Waals surface area contributed by atoms with Crippen LogP contribution in [0.2, 0.25) is 0 Å². The van der Waals surface area contributed by atoms with E-state index >= 15 is 0 Å². The number of carbonyl (C=O) groups excluding carboxylic acids is 2. The Labute approximate surface area is 185 Å². The lowest BCUT2D eigenvalue weighted by molar-refractivity contribution is -0.133. The minimum Gasteiger partial charge on any atom is -0.339 e. The number of piperazine rings is 1. The molecule has 0 atom stereocenters. The van der Waals surface area contributed by atoms with Gasteiger partial charge in [0, 0.05) is 38.2 Å². The van der Waals surface area contributed by atoms with Gasteiger partial charge < -0.3 is 9.80 Å². The third kappa shape index (κ3) is 4.89. The van der Waals surface area contributed by atoms with Gasteiger partial charge in [-0.2, -0.15) is 0 Å². The van der Waals surface area contributed by atoms with E-state index in [-0.39, 0.29) is 11.8 Å². The number of hydrogen-bond acceptors (Lipinski definition) is 4. The van der Waals surface area contributed by atoms with E-state index in [2.05, 4.69) is 13.8 Å². The fourth-order valence-electron chi connectivity index (χ4n) is 4.95. The third-order valence-electron chi connectivity index (χ3n) is 6.90. The minimum atomic E-state index is 0.0133. The van der Waals surface area contributed by atoms with Gasteiger partial charge in [0.15, 0.2) is 0 Å². The van der Waals surface area contributed by atoms with E-state index in [0.717, 1.165) is 47.6 Å². The molecule has 0 radical (unpaired) electrons. The fourth-order valence-corrected chi connectivity index (χ4v) is 4.95. The second kappa shape index (κ2) is 9.75. The summed E-state index contributed by atoms with van der Waals surface area (Å²) in [5.41, 5.74) is 4.30. The van der Waals surface area contributed by atoms with E-state index < -0.39 is 0 Å². The molecule has 1 aromatic carbocycles. The van der Waals surface area contributed by atoms with Crippen molar-refractivity contribution in [1.29, 1.82) is 0 Å². The minimum absolute atomic E-state index is 0.0133. The van der Waals surface area contributed by atoms with Crippen LogP contribution in [-0.4, -0.2) is 57.8 Å². The Kier molecular flexibility index (Phi) is 6.83. The molecule has 2 heterocycles. The summed E-state index contributed by atoms with van der Waals surface area (Å²) in [6.07, 6.45) is 8.57. The average molecular weight is 423 g/mol. The largest absolute Gasteiger partial charge is 0.339 e. The number of carbonyl (C=O) groups is 2. The summed E-state index contributed by atoms with van der Waals surface area (Å²) in [6, 6.07) is 5.61. The number of fused-ring (bicyclic) bond motifs is 1. The van der Waals surface area contributed by atoms with Crippen molar-refractivity contribution in [2.75, 3.05) is 26.2 Å². The molecule has 1 aromatic heterocycles. The summed E-state index contributed by atoms with van der Waals surface area (Å²) in [5.74, 6) is 1.00. The first-order valence-corrected chi connectivity index (χ1v) is 12.0. The molecule has 4 rings (SSSR count). The number of amides is 2. The summed E-state index contributed by atoms with van der Waals surface area (Å²) >= 11 is 0. The van der Waals surface area contributed by atoms with Crippen molar-refractivity contribution in [2.24, 2.45) is 5.92 Å². The van der Waals surface area contributed by atoms with E-state index in [1.807, 2.05) is 28.0 Å². The summed E-state index contributed by atoms with van der Waals surface area (Å²) in [6.45, 7) is 6.61. The lowest BCUT2D eigenvalue weighted by atomic mass is 10.0. The van der Waals surface area contributed by atoms with Crippen molar-refractivity contribution in [3.8, 4) is 0 Å². The van der Waals surface area contributed by atoms with Gasteiger partial charge in [0.05, 0.1) is 22.4 Å². The highest BCUT2D eigenvalue weighted by molar-refractivity contribution is 5.97. The fraction of sp³-hybridized carbons (Fsp3) is 0.600. The van der Waals surface area contributed by atoms with Gasteiger partial charge in [-0.05, 0) is 43.4 Å². The lowest BCUT2D eigenvalue weighted by Crippen LogP contribution is -2.50. The van der Waals surface area contributed by atoms with Crippen molar-refractivity contribution in [1.82, 2.24) is 19.8 Å². The van der Waals surface area contributed by atoms with Crippen molar-refractivity contribution in [2.45, 2.75) is 65.2 Å². The van der Waals surface area contributed by atoms with E-state index in [0.29, 0.717) is 38.2 Å². The molecule has 0 bridgehead atoms. The molecule has 2 amide bonds. The molecule has 166 valence electrons. The van der Waals surface area contributed by atoms with E-state index in [4.69, 9.17) is 9.97 Å². The molecular formula is C25H34N4O2. The van der Waals surface area contributed by atoms with Crippen molar-refractivity contribution in [3.63, 3.8) is 0 Å². The van der Waals surface area contributed by atoms with Crippen molar-refractivity contribution in [3.05, 3.63) is 35.2 Å². The molecule has 1 saturated carbocycles. The van der Waals surface area contributed by atoms with Gasteiger partial charge in [-0.1, -0.05) is 39.5 Å². The topological polar surface area (TPSA) is 66.4 Å². The Morgan fingerprint density at radius 1 is 0.903 bits per heavy atom. The molecule has 1 aliphatic heterocycles. The molecule has 2 fully saturated rings. The van der Waals surface area contributed by atoms with Gasteiger partial charge in [-0.25, -0.2) is 9.97 Å². The highest BCUT2D eigenvalue weighted by Crippen LogP contribution is 2.28. The Morgan fingerprint density at radius 3 is 2.16 bits per heavy atom. The van der Waals surface area contributed by atoms with Gasteiger partial charge >= 0.3 is 0 Å². The number of hydrogen-bond donors (Lipinski definition) is 0. The molecule has 31 heavy (non-hydrogen) atoms. The van der Waals surface area contributed by atoms with Gasteiger partial charge in [0.2, 0.25) is 5.91 Å². The van der Waals surface area contributed by atoms with Gasteiger partial charge in [-0.15, -0.1) is 0 Å². The van der Waals surface area contributed by atoms with Crippen LogP contribution in [0.5, 0.6) is 0 Å². The summed E-state index contributed by atoms with van der Waals surface area (Å²) < 4.78 is 0. The zero-order valence-corrected chi connectivity index (χ0v) is 18.9. The first kappa shape index (κ1) is 21.7. The van der Waals surface area contributed by atoms with Crippen molar-refractivity contribution < 1.29 is 9.59 Å². The Morgan fingerprint density at radius 2 is 1.52 bits per heavy atom. The third-order valence-corrected chi connectivity index (χ3v) is 6.90. The first-order chi connectivity index (χ1) is 15.1. The van der Waals surface area contributed by atoms with Crippen molar-refractivity contribution >= 4 is 22.8 Å². The molecule has 6 heteroatoms. The Bertz CT molecular complexity index is 944. The summed E-state index contributed by atoms with van der Waals surface area (Å²) in [4.78, 5) is 38.9. The second-order valence-corrected chi connectivity index (χ2v) is 8.89. The van der Waals surface area contributed by atoms with Crippen LogP contribution in [0, 0.1) is 5.92 Å². The zero-order valence-electron chi connectivity index (χ0n) is 18.9. The summed E-state index contributed by atoms with van der Waals surface area (Å²) in [7, 11) is 0. The molecule has 2 aromatic rings. The predicted octanol–water partition coefficient (Wildman–Crippen LogP) is 4.01. The number of aromatic nitrogens is 2. The van der Waals surface area contributed by atoms with Gasteiger partial charge in [0.1, 0.15) is 0 Å². The number of benzene rings is 1. The van der Waals surface area contributed by atoms with Crippen LogP contribution in [0.25, 0.3) is 11.0 Å². The van der Waals surface area contributed by atoms with Crippen LogP contribution in [0.15, 0.2) is 18.2 Å². The highest BCUT2D eigenvalue weighted by atomic mass is 16.2. The zero-order chi connectivity index (χ0) is 21.8. The predicted molar refractivity (Wildman–Crippen MR) is 122 cm³/mol. The standard InChI is InChI=1S/C25H34N4O2/c1-3-20-21(4-2)27-23-17-19(10-11-22(23)26-20)25(31)29-15-13-28(14-16-29)24(30)12-9-18-7-5-6-8-18/h10-11,17-18H,3-9,12-16H2,1-2H3. The van der Waals surface area contributed by atoms with Crippen LogP contribution in [0.4, 0.5) is 0 Å². The van der Waals surface area contributed by atoms with E-state index in [9.17, 15) is 9.59 Å². The number of nitrogens with zero attached hydrogens (tertiary/aromatic N) is 4. The Hall–Kier alpha value is -2.50. The molecule has 0 unspecified atom stereocenters. The first-order valence-electron chi connectivity index (χ1n) is 12.0. The number of aryl methyl sites for hydroxylation is 2. The molecule has 0 N–H and O–H groups in total. The van der Waals surface area contributed by atoms with E-state index in [1.165, 1.54) is 25.7 Å². The SMILES string of the molecule is CCc1nc2ccc(C(=O)N3CCN(C(=O)CCC4CCCC4)CC3)cc2nc1CC. The van der Waals surface area contributed by atoms with Crippen LogP contribution in [0.1, 0.15) is 74.1 Å². The average Bonchev–Trinajstić information content (AvgIpc) is 3.34. The quantitative estimate of drug-likeness (QED) is 0.705. The summed E-state index contributed by atoms with van der Waals surface area (Å²) in [5, 5.41) is 0. The maximum atomic E-state index is 13.1. The Balaban J connectivity index is 1.36. The van der Waals surface area contributed by atoms with Crippen LogP contribution in [-0.2, 0) is 17.6 Å². The van der Waals surface area contributed by atoms with Crippen LogP contribution >= 0.6 is 0 Å². The molecule has 1 saturated heterocycles. The molecule has 1 aliphatic carbocycles. The lowest BCUT2D eigenvalue weighted by Gasteiger charge is -2.35. The normalized spacial score (nSPS) is 17.5. The molecule has 0 spiro atoms. The smallest absolute Gasteiger partial charge is 0.254 e. The van der Waals surface area contributed by atoms with Gasteiger partial charge in [-0.3, -0.25) is 9.59 Å². The molecule has 6 nitrogen and oxygen atoms in total. The van der Waals surface area contributed by atoms with Crippen LogP contribution in [0.3, 0.4) is 0 Å². The van der Waals surface area contributed by atoms with E-state index in [1.54, 1.807) is 0 Å². The highest BCUT2D eigenvalue weighted by Gasteiger charge is 2.26. The maximum absolute atomic E-state index is 13.1. The molecular weight excluding hydrogens is 388 g/mol. The second-order valence-electron chi connectivity index (χ2n) is 8.89. The maximum Gasteiger partial charge on any atom is 0.254 e. The monoisotopic (exact) mass is 422 g/mol. The molecule has 2 aliphatic rings. The van der Waals surface area contributed by atoms with Gasteiger partial charge in [0.25, 0.3) is 5.91 Å². The number of rotatable bonds is 6. The van der Waals surface area contributed by atoms with Crippen LogP contribution < -0.4 is 0 Å².